The summed E-state index contributed by atoms with van der Waals surface area (Å²) in [6.45, 7) is -0.0857. The van der Waals surface area contributed by atoms with Crippen LogP contribution in [-0.2, 0) is 22.3 Å². The van der Waals surface area contributed by atoms with Gasteiger partial charge in [0, 0.05) is 17.9 Å². The summed E-state index contributed by atoms with van der Waals surface area (Å²) in [5.41, 5.74) is 1.35. The summed E-state index contributed by atoms with van der Waals surface area (Å²) in [7, 11) is 0. The first-order valence-electron chi connectivity index (χ1n) is 11.1. The first kappa shape index (κ1) is 25.2. The van der Waals surface area contributed by atoms with Crippen molar-refractivity contribution in [2.24, 2.45) is 0 Å². The van der Waals surface area contributed by atoms with E-state index in [1.165, 1.54) is 17.0 Å². The van der Waals surface area contributed by atoms with Gasteiger partial charge in [0.1, 0.15) is 12.7 Å². The van der Waals surface area contributed by atoms with E-state index in [1.807, 2.05) is 6.07 Å². The molecule has 0 radical (unpaired) electrons. The van der Waals surface area contributed by atoms with Crippen LogP contribution in [0, 0.1) is 0 Å². The molecule has 3 amide bonds. The molecule has 0 aromatic heterocycles. The molecule has 1 heterocycles. The Hall–Kier alpha value is -3.89. The lowest BCUT2D eigenvalue weighted by molar-refractivity contribution is -0.155. The fourth-order valence-corrected chi connectivity index (χ4v) is 3.89. The lowest BCUT2D eigenvalue weighted by atomic mass is 9.99. The zero-order chi connectivity index (χ0) is 25.7. The molecule has 3 aromatic rings. The molecule has 10 heteroatoms. The number of halogens is 3. The van der Waals surface area contributed by atoms with Crippen molar-refractivity contribution < 1.29 is 32.6 Å². The van der Waals surface area contributed by atoms with E-state index in [-0.39, 0.29) is 25.7 Å². The number of nitrogens with one attached hydrogen (secondary N) is 2. The summed E-state index contributed by atoms with van der Waals surface area (Å²) in [6, 6.07) is 18.8. The second-order valence-electron chi connectivity index (χ2n) is 8.31. The number of benzene rings is 3. The third-order valence-corrected chi connectivity index (χ3v) is 5.78. The lowest BCUT2D eigenvalue weighted by Gasteiger charge is -2.38. The highest BCUT2D eigenvalue weighted by Crippen LogP contribution is 2.30. The Morgan fingerprint density at radius 2 is 1.58 bits per heavy atom. The van der Waals surface area contributed by atoms with Gasteiger partial charge >= 0.3 is 12.2 Å². The van der Waals surface area contributed by atoms with Gasteiger partial charge < -0.3 is 25.4 Å². The molecule has 188 valence electrons. The quantitative estimate of drug-likeness (QED) is 0.454. The molecular weight excluding hydrogens is 475 g/mol. The van der Waals surface area contributed by atoms with Crippen LogP contribution in [-0.4, -0.2) is 41.2 Å². The SMILES string of the molecule is O=C(Nc1ccccc1)Nc1ccc([C@@H](O)[C@H]2COCC(=O)N2Cc2ccc(C(F)(F)F)cc2)cc1. The number of anilines is 2. The monoisotopic (exact) mass is 499 g/mol. The van der Waals surface area contributed by atoms with Gasteiger partial charge in [-0.05, 0) is 47.5 Å². The van der Waals surface area contributed by atoms with Crippen LogP contribution < -0.4 is 10.6 Å². The molecule has 7 nitrogen and oxygen atoms in total. The molecule has 0 unspecified atom stereocenters. The summed E-state index contributed by atoms with van der Waals surface area (Å²) in [6.07, 6.45) is -5.56. The number of urea groups is 1. The van der Waals surface area contributed by atoms with E-state index in [1.54, 1.807) is 48.5 Å². The fraction of sp³-hybridized carbons (Fsp3) is 0.231. The molecule has 1 aliphatic rings. The van der Waals surface area contributed by atoms with Crippen molar-refractivity contribution in [2.45, 2.75) is 24.9 Å². The summed E-state index contributed by atoms with van der Waals surface area (Å²) in [5, 5.41) is 16.4. The second-order valence-corrected chi connectivity index (χ2v) is 8.31. The van der Waals surface area contributed by atoms with Crippen molar-refractivity contribution in [3.05, 3.63) is 95.6 Å². The molecule has 3 aromatic carbocycles. The van der Waals surface area contributed by atoms with E-state index in [4.69, 9.17) is 4.74 Å². The van der Waals surface area contributed by atoms with Crippen LogP contribution in [0.5, 0.6) is 0 Å². The van der Waals surface area contributed by atoms with Crippen molar-refractivity contribution in [2.75, 3.05) is 23.8 Å². The highest BCUT2D eigenvalue weighted by Gasteiger charge is 2.35. The van der Waals surface area contributed by atoms with Gasteiger partial charge in [-0.3, -0.25) is 4.79 Å². The predicted octanol–water partition coefficient (Wildman–Crippen LogP) is 4.81. The van der Waals surface area contributed by atoms with Gasteiger partial charge in [0.25, 0.3) is 0 Å². The molecule has 1 aliphatic heterocycles. The van der Waals surface area contributed by atoms with Crippen LogP contribution in [0.25, 0.3) is 0 Å². The van der Waals surface area contributed by atoms with Crippen molar-refractivity contribution in [3.8, 4) is 0 Å². The minimum absolute atomic E-state index is 0.0291. The summed E-state index contributed by atoms with van der Waals surface area (Å²) in [4.78, 5) is 26.1. The molecule has 36 heavy (non-hydrogen) atoms. The topological polar surface area (TPSA) is 90.9 Å². The molecule has 1 saturated heterocycles. The molecule has 2 atom stereocenters. The zero-order valence-corrected chi connectivity index (χ0v) is 19.0. The first-order chi connectivity index (χ1) is 17.2. The number of morpholine rings is 1. The molecular formula is C26H24F3N3O4. The van der Waals surface area contributed by atoms with Crippen LogP contribution >= 0.6 is 0 Å². The van der Waals surface area contributed by atoms with Crippen LogP contribution in [0.15, 0.2) is 78.9 Å². The van der Waals surface area contributed by atoms with Crippen molar-refractivity contribution >= 4 is 23.3 Å². The summed E-state index contributed by atoms with van der Waals surface area (Å²) >= 11 is 0. The number of para-hydroxylation sites is 1. The fourth-order valence-electron chi connectivity index (χ4n) is 3.89. The molecule has 4 rings (SSSR count). The highest BCUT2D eigenvalue weighted by atomic mass is 19.4. The number of amides is 3. The largest absolute Gasteiger partial charge is 0.416 e. The van der Waals surface area contributed by atoms with E-state index >= 15 is 0 Å². The molecule has 1 fully saturated rings. The Morgan fingerprint density at radius 1 is 0.972 bits per heavy atom. The van der Waals surface area contributed by atoms with Crippen LogP contribution in [0.3, 0.4) is 0 Å². The van der Waals surface area contributed by atoms with Crippen molar-refractivity contribution in [3.63, 3.8) is 0 Å². The standard InChI is InChI=1S/C26H24F3N3O4/c27-26(28,29)19-10-6-17(7-11-19)14-32-22(15-36-16-23(32)33)24(34)18-8-12-21(13-9-18)31-25(35)30-20-4-2-1-3-5-20/h1-13,22,24,34H,14-16H2,(H2,30,31,35)/t22-,24-/m1/s1. The predicted molar refractivity (Wildman–Crippen MR) is 127 cm³/mol. The number of aliphatic hydroxyl groups excluding tert-OH is 1. The van der Waals surface area contributed by atoms with Crippen LogP contribution in [0.1, 0.15) is 22.8 Å². The minimum atomic E-state index is -4.45. The Morgan fingerprint density at radius 3 is 2.19 bits per heavy atom. The Kier molecular flexibility index (Phi) is 7.56. The highest BCUT2D eigenvalue weighted by molar-refractivity contribution is 5.99. The number of carbonyl (C=O) groups excluding carboxylic acids is 2. The molecule has 0 bridgehead atoms. The number of hydrogen-bond donors (Lipinski definition) is 3. The van der Waals surface area contributed by atoms with E-state index in [0.717, 1.165) is 12.1 Å². The lowest BCUT2D eigenvalue weighted by Crippen LogP contribution is -2.51. The van der Waals surface area contributed by atoms with Gasteiger partial charge in [0.05, 0.1) is 18.2 Å². The van der Waals surface area contributed by atoms with Gasteiger partial charge in [-0.15, -0.1) is 0 Å². The minimum Gasteiger partial charge on any atom is -0.386 e. The number of carbonyl (C=O) groups is 2. The summed E-state index contributed by atoms with van der Waals surface area (Å²) < 4.78 is 43.9. The molecule has 3 N–H and O–H groups in total. The molecule has 0 spiro atoms. The number of rotatable bonds is 6. The smallest absolute Gasteiger partial charge is 0.386 e. The average Bonchev–Trinajstić information content (AvgIpc) is 2.86. The maximum atomic E-state index is 12.9. The van der Waals surface area contributed by atoms with E-state index < -0.39 is 29.9 Å². The maximum absolute atomic E-state index is 12.9. The van der Waals surface area contributed by atoms with E-state index in [0.29, 0.717) is 22.5 Å². The number of ether oxygens (including phenoxy) is 1. The third kappa shape index (κ3) is 6.21. The van der Waals surface area contributed by atoms with Crippen molar-refractivity contribution in [1.29, 1.82) is 0 Å². The maximum Gasteiger partial charge on any atom is 0.416 e. The van der Waals surface area contributed by atoms with Gasteiger partial charge in [-0.1, -0.05) is 42.5 Å². The van der Waals surface area contributed by atoms with Crippen molar-refractivity contribution in [1.82, 2.24) is 4.90 Å². The van der Waals surface area contributed by atoms with E-state index in [2.05, 4.69) is 10.6 Å². The second kappa shape index (κ2) is 10.8. The third-order valence-electron chi connectivity index (χ3n) is 5.78. The van der Waals surface area contributed by atoms with Gasteiger partial charge in [0.2, 0.25) is 5.91 Å². The van der Waals surface area contributed by atoms with E-state index in [9.17, 15) is 27.9 Å². The summed E-state index contributed by atoms with van der Waals surface area (Å²) in [5.74, 6) is -0.374. The zero-order valence-electron chi connectivity index (χ0n) is 19.0. The van der Waals surface area contributed by atoms with Gasteiger partial charge in [-0.25, -0.2) is 4.79 Å². The number of hydrogen-bond acceptors (Lipinski definition) is 4. The van der Waals surface area contributed by atoms with Crippen LogP contribution in [0.4, 0.5) is 29.3 Å². The number of alkyl halides is 3. The molecule has 0 aliphatic carbocycles. The first-order valence-corrected chi connectivity index (χ1v) is 11.1. The van der Waals surface area contributed by atoms with Gasteiger partial charge in [0.15, 0.2) is 0 Å². The number of aliphatic hydroxyl groups is 1. The van der Waals surface area contributed by atoms with Gasteiger partial charge in [-0.2, -0.15) is 13.2 Å². The molecule has 0 saturated carbocycles. The van der Waals surface area contributed by atoms with Crippen LogP contribution in [0.2, 0.25) is 0 Å². The Balaban J connectivity index is 1.42. The Bertz CT molecular complexity index is 1190. The Labute approximate surface area is 205 Å². The normalized spacial score (nSPS) is 16.9. The average molecular weight is 499 g/mol. The number of nitrogens with zero attached hydrogens (tertiary/aromatic N) is 1.